The summed E-state index contributed by atoms with van der Waals surface area (Å²) in [5.74, 6) is 1.35. The molecule has 2 amide bonds. The second kappa shape index (κ2) is 4.47. The first kappa shape index (κ1) is 14.2. The van der Waals surface area contributed by atoms with Crippen LogP contribution in [0.5, 0.6) is 0 Å². The average Bonchev–Trinajstić information content (AvgIpc) is 2.70. The molecule has 0 spiro atoms. The van der Waals surface area contributed by atoms with Gasteiger partial charge in [-0.2, -0.15) is 0 Å². The molecule has 4 aliphatic carbocycles. The minimum atomic E-state index is -0.0926. The normalized spacial score (nSPS) is 40.8. The molecule has 23 heavy (non-hydrogen) atoms. The molecule has 1 aromatic rings. The Morgan fingerprint density at radius 1 is 1.00 bits per heavy atom. The lowest BCUT2D eigenvalue weighted by Gasteiger charge is -2.60. The van der Waals surface area contributed by atoms with Gasteiger partial charge in [0.25, 0.3) is 11.8 Å². The number of nitrogens with zero attached hydrogens (tertiary/aromatic N) is 1. The van der Waals surface area contributed by atoms with Crippen LogP contribution in [-0.4, -0.2) is 27.6 Å². The van der Waals surface area contributed by atoms with E-state index < -0.39 is 0 Å². The second-order valence-corrected chi connectivity index (χ2v) is 10.0. The van der Waals surface area contributed by atoms with E-state index in [1.165, 1.54) is 37.0 Å². The first-order chi connectivity index (χ1) is 11.0. The Labute approximate surface area is 144 Å². The number of benzene rings is 1. The van der Waals surface area contributed by atoms with Crippen LogP contribution in [0.3, 0.4) is 0 Å². The van der Waals surface area contributed by atoms with Crippen LogP contribution in [0.25, 0.3) is 0 Å². The third-order valence-electron chi connectivity index (χ3n) is 6.48. The van der Waals surface area contributed by atoms with E-state index in [1.54, 1.807) is 12.1 Å². The summed E-state index contributed by atoms with van der Waals surface area (Å²) in [7, 11) is 0. The molecular weight excluding hydrogens is 354 g/mol. The maximum Gasteiger partial charge on any atom is 0.261 e. The third kappa shape index (κ3) is 2.00. The molecule has 4 bridgehead atoms. The fraction of sp³-hybridized carbons (Fsp3) is 0.579. The number of imide groups is 1. The molecule has 6 rings (SSSR count). The molecule has 1 aliphatic heterocycles. The lowest BCUT2D eigenvalue weighted by atomic mass is 9.49. The smallest absolute Gasteiger partial charge is 0.261 e. The van der Waals surface area contributed by atoms with Crippen molar-refractivity contribution >= 4 is 27.7 Å². The topological polar surface area (TPSA) is 37.4 Å². The van der Waals surface area contributed by atoms with E-state index in [0.717, 1.165) is 18.3 Å². The fourth-order valence-corrected chi connectivity index (χ4v) is 7.75. The van der Waals surface area contributed by atoms with Gasteiger partial charge in [-0.05, 0) is 67.9 Å². The standard InChI is InChI=1S/C19H20BrNO2/c20-19-8-12-5-13(9-19)7-18(6-12,10-19)11-21-16(22)14-3-1-2-4-15(14)17(21)23/h1-4,12-13H,5-11H2/t12-,13-,18?,19?/m1/s1. The summed E-state index contributed by atoms with van der Waals surface area (Å²) in [6, 6.07) is 7.24. The van der Waals surface area contributed by atoms with Gasteiger partial charge in [-0.1, -0.05) is 28.1 Å². The number of amides is 2. The van der Waals surface area contributed by atoms with Crippen LogP contribution in [0.2, 0.25) is 0 Å². The van der Waals surface area contributed by atoms with Crippen molar-refractivity contribution < 1.29 is 9.59 Å². The average molecular weight is 374 g/mol. The van der Waals surface area contributed by atoms with E-state index in [0.29, 0.717) is 17.7 Å². The number of carbonyl (C=O) groups is 2. The molecule has 1 heterocycles. The van der Waals surface area contributed by atoms with Crippen molar-refractivity contribution in [2.45, 2.75) is 42.8 Å². The molecule has 0 N–H and O–H groups in total. The van der Waals surface area contributed by atoms with Gasteiger partial charge in [-0.15, -0.1) is 0 Å². The summed E-state index contributed by atoms with van der Waals surface area (Å²) in [5, 5.41) is 0. The Kier molecular flexibility index (Phi) is 2.76. The van der Waals surface area contributed by atoms with Crippen LogP contribution in [0.1, 0.15) is 59.2 Å². The van der Waals surface area contributed by atoms with E-state index in [9.17, 15) is 9.59 Å². The van der Waals surface area contributed by atoms with Gasteiger partial charge in [0.2, 0.25) is 0 Å². The highest BCUT2D eigenvalue weighted by Crippen LogP contribution is 2.64. The number of halogens is 1. The van der Waals surface area contributed by atoms with Gasteiger partial charge in [0.05, 0.1) is 11.1 Å². The quantitative estimate of drug-likeness (QED) is 0.579. The molecule has 2 atom stereocenters. The highest BCUT2D eigenvalue weighted by molar-refractivity contribution is 9.10. The molecule has 0 aromatic heterocycles. The van der Waals surface area contributed by atoms with Gasteiger partial charge in [0, 0.05) is 10.9 Å². The Morgan fingerprint density at radius 3 is 2.09 bits per heavy atom. The highest BCUT2D eigenvalue weighted by Gasteiger charge is 2.58. The number of fused-ring (bicyclic) bond motifs is 1. The van der Waals surface area contributed by atoms with Crippen LogP contribution in [0.4, 0.5) is 0 Å². The molecule has 0 radical (unpaired) electrons. The van der Waals surface area contributed by atoms with Crippen molar-refractivity contribution in [1.29, 1.82) is 0 Å². The predicted octanol–water partition coefficient (Wildman–Crippen LogP) is 4.02. The maximum atomic E-state index is 12.7. The number of hydrogen-bond donors (Lipinski definition) is 0. The minimum Gasteiger partial charge on any atom is -0.274 e. The van der Waals surface area contributed by atoms with Crippen molar-refractivity contribution in [3.8, 4) is 0 Å². The fourth-order valence-electron chi connectivity index (χ4n) is 6.24. The predicted molar refractivity (Wildman–Crippen MR) is 90.6 cm³/mol. The van der Waals surface area contributed by atoms with Gasteiger partial charge >= 0.3 is 0 Å². The molecule has 5 aliphatic rings. The summed E-state index contributed by atoms with van der Waals surface area (Å²) in [6.45, 7) is 0.611. The summed E-state index contributed by atoms with van der Waals surface area (Å²) in [6.07, 6.45) is 7.37. The van der Waals surface area contributed by atoms with E-state index in [2.05, 4.69) is 15.9 Å². The maximum absolute atomic E-state index is 12.7. The number of hydrogen-bond acceptors (Lipinski definition) is 2. The Balaban J connectivity index is 1.47. The highest BCUT2D eigenvalue weighted by atomic mass is 79.9. The van der Waals surface area contributed by atoms with Crippen LogP contribution in [0, 0.1) is 17.3 Å². The molecule has 3 nitrogen and oxygen atoms in total. The lowest BCUT2D eigenvalue weighted by Crippen LogP contribution is -2.57. The monoisotopic (exact) mass is 373 g/mol. The lowest BCUT2D eigenvalue weighted by molar-refractivity contribution is -0.0461. The molecule has 4 fully saturated rings. The minimum absolute atomic E-state index is 0.0926. The van der Waals surface area contributed by atoms with Crippen molar-refractivity contribution in [3.05, 3.63) is 35.4 Å². The van der Waals surface area contributed by atoms with Gasteiger partial charge < -0.3 is 0 Å². The summed E-state index contributed by atoms with van der Waals surface area (Å²) < 4.78 is 0.260. The zero-order chi connectivity index (χ0) is 15.8. The molecule has 4 saturated carbocycles. The number of rotatable bonds is 2. The van der Waals surface area contributed by atoms with Crippen LogP contribution in [0.15, 0.2) is 24.3 Å². The number of alkyl halides is 1. The summed E-state index contributed by atoms with van der Waals surface area (Å²) in [5.41, 5.74) is 1.30. The Hall–Kier alpha value is -1.16. The summed E-state index contributed by atoms with van der Waals surface area (Å²) >= 11 is 4.01. The Bertz CT molecular complexity index is 679. The molecule has 0 unspecified atom stereocenters. The van der Waals surface area contributed by atoms with Crippen molar-refractivity contribution in [2.24, 2.45) is 17.3 Å². The van der Waals surface area contributed by atoms with Crippen molar-refractivity contribution in [2.75, 3.05) is 6.54 Å². The van der Waals surface area contributed by atoms with Gasteiger partial charge in [0.1, 0.15) is 0 Å². The van der Waals surface area contributed by atoms with E-state index in [-0.39, 0.29) is 21.6 Å². The molecule has 120 valence electrons. The third-order valence-corrected chi connectivity index (χ3v) is 7.41. The molecular formula is C19H20BrNO2. The van der Waals surface area contributed by atoms with Gasteiger partial charge in [-0.3, -0.25) is 14.5 Å². The van der Waals surface area contributed by atoms with Gasteiger partial charge in [-0.25, -0.2) is 0 Å². The van der Waals surface area contributed by atoms with Crippen LogP contribution >= 0.6 is 15.9 Å². The zero-order valence-electron chi connectivity index (χ0n) is 13.1. The number of carbonyl (C=O) groups excluding carboxylic acids is 2. The zero-order valence-corrected chi connectivity index (χ0v) is 14.6. The van der Waals surface area contributed by atoms with E-state index >= 15 is 0 Å². The first-order valence-electron chi connectivity index (χ1n) is 8.61. The van der Waals surface area contributed by atoms with Crippen molar-refractivity contribution in [1.82, 2.24) is 4.90 Å². The SMILES string of the molecule is O=C1c2ccccc2C(=O)N1CC12C[C@H]3C[C@@H](CC(Br)(C3)C1)C2. The van der Waals surface area contributed by atoms with Crippen molar-refractivity contribution in [3.63, 3.8) is 0 Å². The van der Waals surface area contributed by atoms with Crippen LogP contribution in [-0.2, 0) is 0 Å². The van der Waals surface area contributed by atoms with Crippen LogP contribution < -0.4 is 0 Å². The first-order valence-corrected chi connectivity index (χ1v) is 9.41. The second-order valence-electron chi connectivity index (χ2n) is 8.35. The van der Waals surface area contributed by atoms with E-state index in [4.69, 9.17) is 0 Å². The Morgan fingerprint density at radius 2 is 1.57 bits per heavy atom. The van der Waals surface area contributed by atoms with Gasteiger partial charge in [0.15, 0.2) is 0 Å². The van der Waals surface area contributed by atoms with E-state index in [1.807, 2.05) is 12.1 Å². The molecule has 1 aromatic carbocycles. The largest absolute Gasteiger partial charge is 0.274 e. The molecule has 0 saturated heterocycles. The molecule has 4 heteroatoms. The summed E-state index contributed by atoms with van der Waals surface area (Å²) in [4.78, 5) is 26.9.